The van der Waals surface area contributed by atoms with Gasteiger partial charge in [0, 0.05) is 4.47 Å². The minimum Gasteiger partial charge on any atom is -0.333 e. The van der Waals surface area contributed by atoms with Crippen LogP contribution in [-0.4, -0.2) is 7.05 Å². The van der Waals surface area contributed by atoms with Gasteiger partial charge in [0.2, 0.25) is 0 Å². The molecule has 0 heterocycles. The summed E-state index contributed by atoms with van der Waals surface area (Å²) in [5, 5.41) is 0. The zero-order valence-electron chi connectivity index (χ0n) is 6.05. The Morgan fingerprint density at radius 1 is 1.36 bits per heavy atom. The Kier molecular flexibility index (Phi) is 9.77. The molecule has 0 fully saturated rings. The van der Waals surface area contributed by atoms with Crippen LogP contribution in [-0.2, 0) is 0 Å². The van der Waals surface area contributed by atoms with E-state index >= 15 is 0 Å². The Hall–Kier alpha value is -0.120. The predicted molar refractivity (Wildman–Crippen MR) is 51.5 cm³/mol. The normalized spacial score (nSPS) is 7.27. The molecule has 0 bridgehead atoms. The molecule has 0 saturated carbocycles. The van der Waals surface area contributed by atoms with Crippen LogP contribution in [0.2, 0.25) is 0 Å². The van der Waals surface area contributed by atoms with Gasteiger partial charge < -0.3 is 5.73 Å². The maximum atomic E-state index is 12.1. The van der Waals surface area contributed by atoms with Crippen LogP contribution in [0.1, 0.15) is 0 Å². The fourth-order valence-corrected chi connectivity index (χ4v) is 0.831. The topological polar surface area (TPSA) is 26.0 Å². The molecule has 0 aliphatic rings. The van der Waals surface area contributed by atoms with Gasteiger partial charge in [-0.25, -0.2) is 4.39 Å². The zero-order valence-corrected chi connectivity index (χ0v) is 8.45. The number of hydrogen-bond acceptors (Lipinski definition) is 1. The van der Waals surface area contributed by atoms with Gasteiger partial charge in [-0.05, 0) is 25.2 Å². The van der Waals surface area contributed by atoms with Gasteiger partial charge in [-0.1, -0.05) is 22.0 Å². The molecule has 2 N–H and O–H groups in total. The van der Waals surface area contributed by atoms with E-state index in [1.807, 2.05) is 0 Å². The SMILES string of the molecule is CN.Cl.Fc1cccc(Br)c1. The van der Waals surface area contributed by atoms with Crippen LogP contribution in [0.25, 0.3) is 0 Å². The molecule has 1 nitrogen and oxygen atoms in total. The van der Waals surface area contributed by atoms with Crippen molar-refractivity contribution >= 4 is 28.3 Å². The Morgan fingerprint density at radius 3 is 2.18 bits per heavy atom. The number of nitrogens with two attached hydrogens (primary N) is 1. The van der Waals surface area contributed by atoms with Crippen LogP contribution < -0.4 is 5.73 Å². The zero-order chi connectivity index (χ0) is 7.98. The van der Waals surface area contributed by atoms with Crippen molar-refractivity contribution in [1.29, 1.82) is 0 Å². The molecule has 0 aliphatic carbocycles. The summed E-state index contributed by atoms with van der Waals surface area (Å²) in [5.41, 5.74) is 4.50. The first kappa shape index (κ1) is 13.5. The average Bonchev–Trinajstić information content (AvgIpc) is 1.91. The lowest BCUT2D eigenvalue weighted by molar-refractivity contribution is 0.627. The highest BCUT2D eigenvalue weighted by Crippen LogP contribution is 2.09. The molecule has 0 aliphatic heterocycles. The molecule has 11 heavy (non-hydrogen) atoms. The minimum atomic E-state index is -0.209. The second kappa shape index (κ2) is 7.98. The van der Waals surface area contributed by atoms with E-state index in [0.29, 0.717) is 0 Å². The van der Waals surface area contributed by atoms with Crippen molar-refractivity contribution in [2.24, 2.45) is 5.73 Å². The van der Waals surface area contributed by atoms with Crippen molar-refractivity contribution in [3.8, 4) is 0 Å². The van der Waals surface area contributed by atoms with E-state index < -0.39 is 0 Å². The lowest BCUT2D eigenvalue weighted by atomic mass is 10.4. The third-order valence-corrected chi connectivity index (χ3v) is 1.28. The van der Waals surface area contributed by atoms with Crippen molar-refractivity contribution in [3.63, 3.8) is 0 Å². The summed E-state index contributed by atoms with van der Waals surface area (Å²) >= 11 is 3.12. The third-order valence-electron chi connectivity index (χ3n) is 0.787. The predicted octanol–water partition coefficient (Wildman–Crippen LogP) is 2.58. The van der Waals surface area contributed by atoms with Gasteiger partial charge in [-0.15, -0.1) is 12.4 Å². The van der Waals surface area contributed by atoms with Gasteiger partial charge in [0.25, 0.3) is 0 Å². The maximum Gasteiger partial charge on any atom is 0.124 e. The summed E-state index contributed by atoms with van der Waals surface area (Å²) in [6, 6.07) is 6.26. The van der Waals surface area contributed by atoms with E-state index in [-0.39, 0.29) is 18.2 Å². The minimum absolute atomic E-state index is 0. The Balaban J connectivity index is 0. The molecule has 0 saturated heterocycles. The van der Waals surface area contributed by atoms with Gasteiger partial charge in [0.1, 0.15) is 5.82 Å². The Morgan fingerprint density at radius 2 is 1.91 bits per heavy atom. The fourth-order valence-electron chi connectivity index (χ4n) is 0.460. The molecule has 0 aromatic heterocycles. The van der Waals surface area contributed by atoms with E-state index in [2.05, 4.69) is 21.7 Å². The molecule has 0 unspecified atom stereocenters. The van der Waals surface area contributed by atoms with Crippen LogP contribution in [0.3, 0.4) is 0 Å². The highest BCUT2D eigenvalue weighted by atomic mass is 79.9. The van der Waals surface area contributed by atoms with Gasteiger partial charge in [-0.3, -0.25) is 0 Å². The first-order chi connectivity index (χ1) is 4.79. The van der Waals surface area contributed by atoms with Crippen molar-refractivity contribution in [1.82, 2.24) is 0 Å². The van der Waals surface area contributed by atoms with Crippen LogP contribution in [0.15, 0.2) is 28.7 Å². The summed E-state index contributed by atoms with van der Waals surface area (Å²) in [7, 11) is 1.50. The summed E-state index contributed by atoms with van der Waals surface area (Å²) < 4.78 is 12.9. The van der Waals surface area contributed by atoms with Crippen molar-refractivity contribution in [2.75, 3.05) is 7.05 Å². The molecule has 1 rings (SSSR count). The fraction of sp³-hybridized carbons (Fsp3) is 0.143. The lowest BCUT2D eigenvalue weighted by Crippen LogP contribution is -1.69. The first-order valence-electron chi connectivity index (χ1n) is 2.78. The summed E-state index contributed by atoms with van der Waals surface area (Å²) in [6.07, 6.45) is 0. The largest absolute Gasteiger partial charge is 0.333 e. The van der Waals surface area contributed by atoms with E-state index in [1.165, 1.54) is 19.2 Å². The van der Waals surface area contributed by atoms with Crippen LogP contribution in [0.5, 0.6) is 0 Å². The first-order valence-corrected chi connectivity index (χ1v) is 3.57. The lowest BCUT2D eigenvalue weighted by Gasteiger charge is -1.85. The number of hydrogen-bond donors (Lipinski definition) is 1. The Bertz CT molecular complexity index is 178. The molecule has 64 valence electrons. The summed E-state index contributed by atoms with van der Waals surface area (Å²) in [5.74, 6) is -0.209. The van der Waals surface area contributed by atoms with E-state index in [9.17, 15) is 4.39 Å². The van der Waals surface area contributed by atoms with Gasteiger partial charge in [0.15, 0.2) is 0 Å². The Labute approximate surface area is 80.3 Å². The standard InChI is InChI=1S/C6H4BrF.CH5N.ClH/c7-5-2-1-3-6(8)4-5;1-2;/h1-4H;2H2,1H3;1H. The van der Waals surface area contributed by atoms with Crippen molar-refractivity contribution in [2.45, 2.75) is 0 Å². The quantitative estimate of drug-likeness (QED) is 0.743. The molecule has 0 spiro atoms. The average molecular weight is 243 g/mol. The number of rotatable bonds is 0. The van der Waals surface area contributed by atoms with Crippen LogP contribution in [0.4, 0.5) is 4.39 Å². The summed E-state index contributed by atoms with van der Waals surface area (Å²) in [6.45, 7) is 0. The van der Waals surface area contributed by atoms with Crippen molar-refractivity contribution < 1.29 is 4.39 Å². The molecule has 1 aromatic carbocycles. The van der Waals surface area contributed by atoms with E-state index in [4.69, 9.17) is 0 Å². The van der Waals surface area contributed by atoms with Gasteiger partial charge in [0.05, 0.1) is 0 Å². The second-order valence-electron chi connectivity index (χ2n) is 1.44. The molecule has 4 heteroatoms. The third kappa shape index (κ3) is 6.28. The van der Waals surface area contributed by atoms with Crippen LogP contribution in [0, 0.1) is 5.82 Å². The molecule has 0 atom stereocenters. The van der Waals surface area contributed by atoms with E-state index in [0.717, 1.165) is 4.47 Å². The van der Waals surface area contributed by atoms with Crippen LogP contribution >= 0.6 is 28.3 Å². The van der Waals surface area contributed by atoms with Crippen molar-refractivity contribution in [3.05, 3.63) is 34.6 Å². The highest BCUT2D eigenvalue weighted by Gasteiger charge is 1.86. The molecule has 1 aromatic rings. The highest BCUT2D eigenvalue weighted by molar-refractivity contribution is 9.10. The number of halogens is 3. The smallest absolute Gasteiger partial charge is 0.124 e. The molecule has 0 radical (unpaired) electrons. The van der Waals surface area contributed by atoms with Gasteiger partial charge in [-0.2, -0.15) is 0 Å². The summed E-state index contributed by atoms with van der Waals surface area (Å²) in [4.78, 5) is 0. The monoisotopic (exact) mass is 241 g/mol. The molecule has 0 amide bonds. The molecular weight excluding hydrogens is 232 g/mol. The number of benzene rings is 1. The van der Waals surface area contributed by atoms with Gasteiger partial charge >= 0.3 is 0 Å². The second-order valence-corrected chi connectivity index (χ2v) is 2.36. The maximum absolute atomic E-state index is 12.1. The van der Waals surface area contributed by atoms with E-state index in [1.54, 1.807) is 12.1 Å². The molecular formula is C7H10BrClFN.